The minimum absolute atomic E-state index is 0.0349. The third-order valence-corrected chi connectivity index (χ3v) is 5.80. The van der Waals surface area contributed by atoms with Crippen LogP contribution < -0.4 is 5.73 Å². The van der Waals surface area contributed by atoms with Gasteiger partial charge in [0.1, 0.15) is 12.5 Å². The van der Waals surface area contributed by atoms with E-state index in [-0.39, 0.29) is 17.7 Å². The van der Waals surface area contributed by atoms with E-state index in [4.69, 9.17) is 12.2 Å². The molecule has 1 fully saturated rings. The lowest BCUT2D eigenvalue weighted by Crippen LogP contribution is -2.26. The Kier molecular flexibility index (Phi) is 3.02. The van der Waals surface area contributed by atoms with E-state index in [0.717, 1.165) is 0 Å². The van der Waals surface area contributed by atoms with Gasteiger partial charge in [0, 0.05) is 17.0 Å². The molecule has 3 rings (SSSR count). The van der Waals surface area contributed by atoms with Crippen LogP contribution in [0.15, 0.2) is 23.2 Å². The predicted molar refractivity (Wildman–Crippen MR) is 77.6 cm³/mol. The summed E-state index contributed by atoms with van der Waals surface area (Å²) in [4.78, 5) is 4.34. The first kappa shape index (κ1) is 13.4. The number of nitrogens with zero attached hydrogens (tertiary/aromatic N) is 1. The Balaban J connectivity index is 2.06. The standard InChI is InChI=1S/C15H14F2N2S/c1-3-9-4-5-11(17)10(6-9)13-12-8(2)15(12,7-16)20-14(18)19-13/h1,4-6,8,12-13H,7H2,2H3,(H2,18,19)/t8-,12-,13+,15-/m0/s1. The average molecular weight is 292 g/mol. The molecule has 0 bridgehead atoms. The summed E-state index contributed by atoms with van der Waals surface area (Å²) in [5.41, 5.74) is 6.81. The van der Waals surface area contributed by atoms with Crippen molar-refractivity contribution < 1.29 is 8.78 Å². The molecule has 4 atom stereocenters. The molecular formula is C15H14F2N2S. The molecule has 1 aromatic carbocycles. The molecule has 1 aliphatic heterocycles. The lowest BCUT2D eigenvalue weighted by molar-refractivity contribution is 0.439. The number of hydrogen-bond acceptors (Lipinski definition) is 3. The summed E-state index contributed by atoms with van der Waals surface area (Å²) in [5.74, 6) is 2.19. The van der Waals surface area contributed by atoms with Crippen molar-refractivity contribution >= 4 is 16.9 Å². The van der Waals surface area contributed by atoms with E-state index in [1.54, 1.807) is 12.1 Å². The Morgan fingerprint density at radius 1 is 1.55 bits per heavy atom. The lowest BCUT2D eigenvalue weighted by atomic mass is 9.98. The third-order valence-electron chi connectivity index (χ3n) is 4.36. The molecule has 1 aliphatic carbocycles. The van der Waals surface area contributed by atoms with Crippen molar-refractivity contribution in [3.63, 3.8) is 0 Å². The minimum atomic E-state index is -0.547. The molecule has 2 N–H and O–H groups in total. The molecule has 0 saturated heterocycles. The van der Waals surface area contributed by atoms with Crippen molar-refractivity contribution in [2.24, 2.45) is 22.6 Å². The molecule has 2 nitrogen and oxygen atoms in total. The normalized spacial score (nSPS) is 34.9. The van der Waals surface area contributed by atoms with Gasteiger partial charge in [-0.05, 0) is 24.1 Å². The number of rotatable bonds is 2. The maximum absolute atomic E-state index is 14.1. The first-order valence-corrected chi connectivity index (χ1v) is 7.19. The van der Waals surface area contributed by atoms with Crippen LogP contribution in [0.2, 0.25) is 0 Å². The zero-order valence-corrected chi connectivity index (χ0v) is 11.8. The Labute approximate surface area is 120 Å². The Hall–Kier alpha value is -1.54. The summed E-state index contributed by atoms with van der Waals surface area (Å²) in [6, 6.07) is 4.04. The maximum atomic E-state index is 14.1. The second kappa shape index (κ2) is 4.49. The van der Waals surface area contributed by atoms with Gasteiger partial charge in [-0.3, -0.25) is 4.99 Å². The summed E-state index contributed by atoms with van der Waals surface area (Å²) in [5, 5.41) is 0.318. The van der Waals surface area contributed by atoms with Gasteiger partial charge in [0.2, 0.25) is 0 Å². The zero-order valence-electron chi connectivity index (χ0n) is 10.9. The second-order valence-corrected chi connectivity index (χ2v) is 6.68. The zero-order chi connectivity index (χ0) is 14.5. The van der Waals surface area contributed by atoms with Crippen molar-refractivity contribution in [2.45, 2.75) is 17.7 Å². The molecule has 0 spiro atoms. The summed E-state index contributed by atoms with van der Waals surface area (Å²) >= 11 is 1.28. The van der Waals surface area contributed by atoms with E-state index < -0.39 is 17.5 Å². The summed E-state index contributed by atoms with van der Waals surface area (Å²) in [7, 11) is 0. The Morgan fingerprint density at radius 2 is 2.30 bits per heavy atom. The number of alkyl halides is 1. The van der Waals surface area contributed by atoms with E-state index in [0.29, 0.717) is 16.3 Å². The van der Waals surface area contributed by atoms with E-state index >= 15 is 0 Å². The van der Waals surface area contributed by atoms with Crippen LogP contribution >= 0.6 is 11.8 Å². The molecule has 20 heavy (non-hydrogen) atoms. The third kappa shape index (κ3) is 1.75. The summed E-state index contributed by atoms with van der Waals surface area (Å²) < 4.78 is 26.9. The molecule has 0 aromatic heterocycles. The van der Waals surface area contributed by atoms with Crippen LogP contribution in [0.3, 0.4) is 0 Å². The van der Waals surface area contributed by atoms with Crippen molar-refractivity contribution in [2.75, 3.05) is 6.67 Å². The van der Waals surface area contributed by atoms with Gasteiger partial charge in [0.05, 0.1) is 10.8 Å². The first-order valence-electron chi connectivity index (χ1n) is 6.38. The number of terminal acetylenes is 1. The number of aliphatic imine (C=N–C) groups is 1. The highest BCUT2D eigenvalue weighted by Crippen LogP contribution is 2.67. The molecular weight excluding hydrogens is 278 g/mol. The maximum Gasteiger partial charge on any atom is 0.155 e. The second-order valence-electron chi connectivity index (χ2n) is 5.30. The largest absolute Gasteiger partial charge is 0.379 e. The van der Waals surface area contributed by atoms with Gasteiger partial charge in [-0.2, -0.15) is 0 Å². The van der Waals surface area contributed by atoms with Crippen LogP contribution in [-0.2, 0) is 0 Å². The van der Waals surface area contributed by atoms with Crippen molar-refractivity contribution in [1.82, 2.24) is 0 Å². The van der Waals surface area contributed by atoms with Gasteiger partial charge in [0.25, 0.3) is 0 Å². The number of amidine groups is 1. The monoisotopic (exact) mass is 292 g/mol. The number of hydrogen-bond donors (Lipinski definition) is 1. The van der Waals surface area contributed by atoms with Gasteiger partial charge in [-0.1, -0.05) is 24.6 Å². The summed E-state index contributed by atoms with van der Waals surface area (Å²) in [6.07, 6.45) is 5.35. The van der Waals surface area contributed by atoms with Gasteiger partial charge in [-0.25, -0.2) is 8.78 Å². The average Bonchev–Trinajstić information content (AvgIpc) is 3.04. The van der Waals surface area contributed by atoms with Crippen LogP contribution in [0.5, 0.6) is 0 Å². The van der Waals surface area contributed by atoms with Crippen LogP contribution in [-0.4, -0.2) is 16.6 Å². The van der Waals surface area contributed by atoms with Crippen LogP contribution in [0.25, 0.3) is 0 Å². The number of halogens is 2. The van der Waals surface area contributed by atoms with Gasteiger partial charge in [0.15, 0.2) is 5.17 Å². The fourth-order valence-electron chi connectivity index (χ4n) is 3.14. The van der Waals surface area contributed by atoms with Crippen molar-refractivity contribution in [3.05, 3.63) is 35.1 Å². The van der Waals surface area contributed by atoms with E-state index in [2.05, 4.69) is 10.9 Å². The van der Waals surface area contributed by atoms with E-state index in [9.17, 15) is 8.78 Å². The number of thioether (sulfide) groups is 1. The fraction of sp³-hybridized carbons (Fsp3) is 0.400. The molecule has 1 aromatic rings. The summed E-state index contributed by atoms with van der Waals surface area (Å²) in [6.45, 7) is 1.48. The fourth-order valence-corrected chi connectivity index (χ4v) is 4.48. The van der Waals surface area contributed by atoms with Gasteiger partial charge >= 0.3 is 0 Å². The van der Waals surface area contributed by atoms with Crippen LogP contribution in [0.1, 0.15) is 24.1 Å². The first-order chi connectivity index (χ1) is 9.53. The highest BCUT2D eigenvalue weighted by molar-refractivity contribution is 8.15. The van der Waals surface area contributed by atoms with Crippen LogP contribution in [0.4, 0.5) is 8.78 Å². The quantitative estimate of drug-likeness (QED) is 0.851. The highest BCUT2D eigenvalue weighted by atomic mass is 32.2. The predicted octanol–water partition coefficient (Wildman–Crippen LogP) is 2.88. The molecule has 0 amide bonds. The topological polar surface area (TPSA) is 38.4 Å². The smallest absolute Gasteiger partial charge is 0.155 e. The van der Waals surface area contributed by atoms with Crippen LogP contribution in [0, 0.1) is 30.0 Å². The number of nitrogens with two attached hydrogens (primary N) is 1. The molecule has 5 heteroatoms. The number of benzene rings is 1. The van der Waals surface area contributed by atoms with Crippen molar-refractivity contribution in [3.8, 4) is 12.3 Å². The Morgan fingerprint density at radius 3 is 2.95 bits per heavy atom. The number of fused-ring (bicyclic) bond motifs is 1. The molecule has 0 radical (unpaired) electrons. The molecule has 1 saturated carbocycles. The molecule has 1 heterocycles. The minimum Gasteiger partial charge on any atom is -0.379 e. The molecule has 104 valence electrons. The Bertz CT molecular complexity index is 637. The molecule has 2 aliphatic rings. The van der Waals surface area contributed by atoms with Crippen molar-refractivity contribution in [1.29, 1.82) is 0 Å². The molecule has 0 unspecified atom stereocenters. The van der Waals surface area contributed by atoms with E-state index in [1.165, 1.54) is 17.8 Å². The SMILES string of the molecule is C#Cc1ccc(F)c([C@H]2N=C(N)S[C@]3(CF)[C@H]2[C@@H]3C)c1. The lowest BCUT2D eigenvalue weighted by Gasteiger charge is -2.24. The van der Waals surface area contributed by atoms with E-state index in [1.807, 2.05) is 6.92 Å². The highest BCUT2D eigenvalue weighted by Gasteiger charge is 2.68. The van der Waals surface area contributed by atoms with Gasteiger partial charge in [-0.15, -0.1) is 6.42 Å². The van der Waals surface area contributed by atoms with Gasteiger partial charge < -0.3 is 5.73 Å².